The van der Waals surface area contributed by atoms with Crippen molar-refractivity contribution in [1.82, 2.24) is 0 Å². The monoisotopic (exact) mass is 193 g/mol. The number of alkyl halides is 1. The Morgan fingerprint density at radius 3 is 2.45 bits per heavy atom. The van der Waals surface area contributed by atoms with Gasteiger partial charge in [-0.05, 0) is 6.42 Å². The highest BCUT2D eigenvalue weighted by atomic mass is 35.5. The number of nitriles is 1. The minimum atomic E-state index is -3.07. The molecule has 0 bridgehead atoms. The van der Waals surface area contributed by atoms with Crippen LogP contribution in [0, 0.1) is 16.7 Å². The molecule has 1 aliphatic rings. The van der Waals surface area contributed by atoms with Gasteiger partial charge in [0.2, 0.25) is 0 Å². The van der Waals surface area contributed by atoms with Crippen LogP contribution in [0.4, 0.5) is 0 Å². The van der Waals surface area contributed by atoms with E-state index in [2.05, 4.69) is 0 Å². The molecular weight excluding hydrogens is 186 g/mol. The molecule has 0 spiro atoms. The molecule has 0 radical (unpaired) electrons. The molecule has 0 N–H and O–H groups in total. The van der Waals surface area contributed by atoms with Gasteiger partial charge in [0.15, 0.2) is 9.84 Å². The third kappa shape index (κ3) is 1.35. The fraction of sp³-hybridized carbons (Fsp3) is 0.833. The lowest BCUT2D eigenvalue weighted by Crippen LogP contribution is -2.14. The van der Waals surface area contributed by atoms with Gasteiger partial charge in [-0.1, -0.05) is 0 Å². The van der Waals surface area contributed by atoms with E-state index < -0.39 is 20.5 Å². The SMILES string of the molecule is CS(=O)(=O)[C@@H]1C[C@@]1(C#N)CCl. The predicted molar refractivity (Wildman–Crippen MR) is 42.0 cm³/mol. The third-order valence-corrected chi connectivity index (χ3v) is 4.11. The quantitative estimate of drug-likeness (QED) is 0.602. The topological polar surface area (TPSA) is 57.9 Å². The average molecular weight is 194 g/mol. The van der Waals surface area contributed by atoms with E-state index in [-0.39, 0.29) is 5.88 Å². The number of hydrogen-bond acceptors (Lipinski definition) is 3. The Bertz CT molecular complexity index is 305. The molecule has 0 amide bonds. The highest BCUT2D eigenvalue weighted by molar-refractivity contribution is 7.91. The number of nitrogens with zero attached hydrogens (tertiary/aromatic N) is 1. The van der Waals surface area contributed by atoms with E-state index in [1.807, 2.05) is 6.07 Å². The Balaban J connectivity index is 2.84. The molecule has 0 aromatic rings. The number of sulfone groups is 1. The summed E-state index contributed by atoms with van der Waals surface area (Å²) in [6, 6.07) is 1.95. The van der Waals surface area contributed by atoms with Gasteiger partial charge < -0.3 is 0 Å². The second-order valence-corrected chi connectivity index (χ2v) is 5.42. The van der Waals surface area contributed by atoms with Crippen molar-refractivity contribution in [2.75, 3.05) is 12.1 Å². The molecule has 2 atom stereocenters. The molecule has 0 aliphatic heterocycles. The lowest BCUT2D eigenvalue weighted by molar-refractivity contribution is 0.595. The first-order valence-electron chi connectivity index (χ1n) is 3.12. The second kappa shape index (κ2) is 2.36. The van der Waals surface area contributed by atoms with E-state index in [0.717, 1.165) is 6.26 Å². The number of hydrogen-bond donors (Lipinski definition) is 0. The van der Waals surface area contributed by atoms with Gasteiger partial charge in [0.1, 0.15) is 0 Å². The van der Waals surface area contributed by atoms with Crippen LogP contribution in [0.1, 0.15) is 6.42 Å². The Hall–Kier alpha value is -0.270. The maximum absolute atomic E-state index is 10.9. The van der Waals surface area contributed by atoms with Crippen LogP contribution in [0.25, 0.3) is 0 Å². The van der Waals surface area contributed by atoms with Crippen LogP contribution in [0.15, 0.2) is 0 Å². The van der Waals surface area contributed by atoms with Crippen LogP contribution >= 0.6 is 11.6 Å². The van der Waals surface area contributed by atoms with Gasteiger partial charge >= 0.3 is 0 Å². The zero-order valence-corrected chi connectivity index (χ0v) is 7.61. The van der Waals surface area contributed by atoms with Crippen molar-refractivity contribution in [2.45, 2.75) is 11.7 Å². The summed E-state index contributed by atoms with van der Waals surface area (Å²) in [5, 5.41) is 8.06. The first kappa shape index (κ1) is 8.82. The molecule has 3 nitrogen and oxygen atoms in total. The van der Waals surface area contributed by atoms with Crippen molar-refractivity contribution >= 4 is 21.4 Å². The largest absolute Gasteiger partial charge is 0.229 e. The molecule has 11 heavy (non-hydrogen) atoms. The van der Waals surface area contributed by atoms with Crippen LogP contribution in [-0.2, 0) is 9.84 Å². The summed E-state index contributed by atoms with van der Waals surface area (Å²) in [6.07, 6.45) is 1.54. The third-order valence-electron chi connectivity index (χ3n) is 1.98. The maximum Gasteiger partial charge on any atom is 0.151 e. The Labute approximate surface area is 70.9 Å². The molecule has 0 saturated heterocycles. The second-order valence-electron chi connectivity index (χ2n) is 2.92. The van der Waals surface area contributed by atoms with E-state index >= 15 is 0 Å². The minimum absolute atomic E-state index is 0.112. The zero-order chi connectivity index (χ0) is 8.70. The molecule has 0 heterocycles. The van der Waals surface area contributed by atoms with Crippen LogP contribution in [0.2, 0.25) is 0 Å². The lowest BCUT2D eigenvalue weighted by Gasteiger charge is -1.99. The van der Waals surface area contributed by atoms with Gasteiger partial charge in [-0.3, -0.25) is 0 Å². The number of rotatable bonds is 2. The standard InChI is InChI=1S/C6H8ClNO2S/c1-11(9,10)5-2-6(5,3-7)4-8/h5H,2-3H2,1H3/t5-,6+/m1/s1. The Morgan fingerprint density at radius 1 is 1.82 bits per heavy atom. The molecule has 1 saturated carbocycles. The highest BCUT2D eigenvalue weighted by Gasteiger charge is 2.60. The summed E-state index contributed by atoms with van der Waals surface area (Å²) in [5.74, 6) is 0.112. The van der Waals surface area contributed by atoms with E-state index in [0.29, 0.717) is 6.42 Å². The van der Waals surface area contributed by atoms with Crippen molar-refractivity contribution in [3.63, 3.8) is 0 Å². The zero-order valence-electron chi connectivity index (χ0n) is 6.04. The fourth-order valence-electron chi connectivity index (χ4n) is 1.12. The summed E-state index contributed by atoms with van der Waals surface area (Å²) in [4.78, 5) is 0. The van der Waals surface area contributed by atoms with Gasteiger partial charge in [0.25, 0.3) is 0 Å². The molecule has 1 aliphatic carbocycles. The average Bonchev–Trinajstić information content (AvgIpc) is 2.61. The van der Waals surface area contributed by atoms with Gasteiger partial charge in [-0.2, -0.15) is 5.26 Å². The van der Waals surface area contributed by atoms with Crippen molar-refractivity contribution in [2.24, 2.45) is 5.41 Å². The van der Waals surface area contributed by atoms with Crippen LogP contribution in [-0.4, -0.2) is 25.8 Å². The molecular formula is C6H8ClNO2S. The fourth-order valence-corrected chi connectivity index (χ4v) is 3.12. The molecule has 1 fully saturated rings. The van der Waals surface area contributed by atoms with Crippen molar-refractivity contribution in [1.29, 1.82) is 5.26 Å². The molecule has 0 aromatic heterocycles. The highest BCUT2D eigenvalue weighted by Crippen LogP contribution is 2.50. The van der Waals surface area contributed by atoms with Crippen LogP contribution in [0.5, 0.6) is 0 Å². The van der Waals surface area contributed by atoms with E-state index in [1.54, 1.807) is 0 Å². The predicted octanol–water partition coefficient (Wildman–Crippen LogP) is 0.552. The maximum atomic E-state index is 10.9. The smallest absolute Gasteiger partial charge is 0.151 e. The van der Waals surface area contributed by atoms with Crippen molar-refractivity contribution < 1.29 is 8.42 Å². The summed E-state index contributed by atoms with van der Waals surface area (Å²) in [7, 11) is -3.07. The van der Waals surface area contributed by atoms with Crippen molar-refractivity contribution in [3.05, 3.63) is 0 Å². The Kier molecular flexibility index (Phi) is 1.89. The van der Waals surface area contributed by atoms with Crippen LogP contribution in [0.3, 0.4) is 0 Å². The normalized spacial score (nSPS) is 36.3. The molecule has 62 valence electrons. The Morgan fingerprint density at radius 2 is 2.36 bits per heavy atom. The van der Waals surface area contributed by atoms with E-state index in [1.165, 1.54) is 0 Å². The van der Waals surface area contributed by atoms with E-state index in [9.17, 15) is 8.42 Å². The van der Waals surface area contributed by atoms with Gasteiger partial charge in [0, 0.05) is 12.1 Å². The lowest BCUT2D eigenvalue weighted by atomic mass is 10.2. The van der Waals surface area contributed by atoms with Crippen LogP contribution < -0.4 is 0 Å². The number of halogens is 1. The molecule has 0 unspecified atom stereocenters. The molecule has 0 aromatic carbocycles. The first-order chi connectivity index (χ1) is 4.96. The van der Waals surface area contributed by atoms with Crippen molar-refractivity contribution in [3.8, 4) is 6.07 Å². The van der Waals surface area contributed by atoms with Gasteiger partial charge in [0.05, 0.1) is 16.7 Å². The molecule has 1 rings (SSSR count). The van der Waals surface area contributed by atoms with Gasteiger partial charge in [-0.25, -0.2) is 8.42 Å². The summed E-state index contributed by atoms with van der Waals surface area (Å²) >= 11 is 5.47. The first-order valence-corrected chi connectivity index (χ1v) is 5.61. The minimum Gasteiger partial charge on any atom is -0.229 e. The van der Waals surface area contributed by atoms with E-state index in [4.69, 9.17) is 16.9 Å². The summed E-state index contributed by atoms with van der Waals surface area (Å²) < 4.78 is 21.8. The summed E-state index contributed by atoms with van der Waals surface area (Å²) in [6.45, 7) is 0. The molecule has 5 heteroatoms. The van der Waals surface area contributed by atoms with Gasteiger partial charge in [-0.15, -0.1) is 11.6 Å². The summed E-state index contributed by atoms with van der Waals surface area (Å²) in [5.41, 5.74) is -0.783.